The predicted molar refractivity (Wildman–Crippen MR) is 151 cm³/mol. The molecule has 2 aromatic rings. The van der Waals surface area contributed by atoms with Crippen LogP contribution in [0.15, 0.2) is 29.2 Å². The number of carbonyl (C=O) groups excluding carboxylic acids is 1. The van der Waals surface area contributed by atoms with E-state index >= 15 is 0 Å². The molecule has 6 nitrogen and oxygen atoms in total. The highest BCUT2D eigenvalue weighted by molar-refractivity contribution is 7.83. The Morgan fingerprint density at radius 3 is 2.33 bits per heavy atom. The van der Waals surface area contributed by atoms with Gasteiger partial charge in [0.15, 0.2) is 0 Å². The number of hydrogen-bond donors (Lipinski definition) is 2. The fourth-order valence-corrected chi connectivity index (χ4v) is 6.91. The van der Waals surface area contributed by atoms with Crippen LogP contribution in [0.3, 0.4) is 0 Å². The Balaban J connectivity index is 1.75. The summed E-state index contributed by atoms with van der Waals surface area (Å²) in [6, 6.07) is 6.63. The number of benzene rings is 1. The van der Waals surface area contributed by atoms with Crippen molar-refractivity contribution >= 4 is 16.9 Å². The van der Waals surface area contributed by atoms with Gasteiger partial charge < -0.3 is 14.6 Å². The molecule has 0 bridgehead atoms. The molecule has 1 atom stereocenters. The van der Waals surface area contributed by atoms with Gasteiger partial charge in [0.1, 0.15) is 11.0 Å². The molecule has 1 aromatic carbocycles. The smallest absolute Gasteiger partial charge is 0.271 e. The predicted octanol–water partition coefficient (Wildman–Crippen LogP) is 6.48. The van der Waals surface area contributed by atoms with E-state index < -0.39 is 22.4 Å². The van der Waals surface area contributed by atoms with Crippen LogP contribution in [0, 0.1) is 12.8 Å². The molecule has 2 aliphatic rings. The molecule has 1 amide bonds. The Labute approximate surface area is 233 Å². The van der Waals surface area contributed by atoms with Crippen LogP contribution in [0.5, 0.6) is 0 Å². The van der Waals surface area contributed by atoms with Gasteiger partial charge in [-0.25, -0.2) is 17.7 Å². The summed E-state index contributed by atoms with van der Waals surface area (Å²) in [7, 11) is -1.81. The van der Waals surface area contributed by atoms with Gasteiger partial charge in [-0.3, -0.25) is 4.79 Å². The first-order chi connectivity index (χ1) is 18.3. The van der Waals surface area contributed by atoms with Gasteiger partial charge in [-0.15, -0.1) is 0 Å². The largest absolute Gasteiger partial charge is 0.381 e. The van der Waals surface area contributed by atoms with E-state index in [2.05, 4.69) is 14.6 Å². The van der Waals surface area contributed by atoms with Crippen LogP contribution in [0.25, 0.3) is 11.3 Å². The average molecular weight is 564 g/mol. The zero-order valence-electron chi connectivity index (χ0n) is 23.9. The van der Waals surface area contributed by atoms with E-state index in [-0.39, 0.29) is 22.4 Å². The van der Waals surface area contributed by atoms with E-state index in [1.807, 2.05) is 33.8 Å². The Morgan fingerprint density at radius 1 is 1.05 bits per heavy atom. The zero-order chi connectivity index (χ0) is 28.4. The lowest BCUT2D eigenvalue weighted by molar-refractivity contribution is 0.0145. The Kier molecular flexibility index (Phi) is 9.33. The lowest BCUT2D eigenvalue weighted by Gasteiger charge is -2.25. The molecule has 1 saturated heterocycles. The first-order valence-electron chi connectivity index (χ1n) is 14.1. The third-order valence-corrected chi connectivity index (χ3v) is 9.23. The third-order valence-electron chi connectivity index (χ3n) is 7.68. The number of rotatable bonds is 8. The summed E-state index contributed by atoms with van der Waals surface area (Å²) in [4.78, 5) is 13.5. The van der Waals surface area contributed by atoms with E-state index in [0.29, 0.717) is 30.3 Å². The van der Waals surface area contributed by atoms with Crippen LogP contribution in [0.1, 0.15) is 94.3 Å². The third kappa shape index (κ3) is 7.55. The molecule has 0 radical (unpaired) electrons. The van der Waals surface area contributed by atoms with E-state index in [1.54, 1.807) is 6.07 Å². The maximum atomic E-state index is 14.9. The summed E-state index contributed by atoms with van der Waals surface area (Å²) in [6.07, 6.45) is 7.40. The topological polar surface area (TPSA) is 72.4 Å². The summed E-state index contributed by atoms with van der Waals surface area (Å²) >= 11 is 0. The lowest BCUT2D eigenvalue weighted by Crippen LogP contribution is -2.39. The van der Waals surface area contributed by atoms with E-state index in [4.69, 9.17) is 4.74 Å². The maximum Gasteiger partial charge on any atom is 0.271 e. The van der Waals surface area contributed by atoms with Crippen molar-refractivity contribution in [3.63, 3.8) is 0 Å². The van der Waals surface area contributed by atoms with Gasteiger partial charge in [0, 0.05) is 55.2 Å². The normalized spacial score (nSPS) is 18.7. The Hall–Kier alpha value is -2.10. The monoisotopic (exact) mass is 563 g/mol. The van der Waals surface area contributed by atoms with Gasteiger partial charge in [0.2, 0.25) is 0 Å². The minimum Gasteiger partial charge on any atom is -0.381 e. The highest BCUT2D eigenvalue weighted by Gasteiger charge is 2.32. The number of aromatic nitrogens is 1. The van der Waals surface area contributed by atoms with Crippen LogP contribution in [0.2, 0.25) is 0 Å². The van der Waals surface area contributed by atoms with Crippen molar-refractivity contribution in [1.82, 2.24) is 14.6 Å². The van der Waals surface area contributed by atoms with Crippen molar-refractivity contribution < 1.29 is 22.5 Å². The average Bonchev–Trinajstić information content (AvgIpc) is 3.19. The summed E-state index contributed by atoms with van der Waals surface area (Å²) in [5.74, 6) is -2.86. The molecule has 1 saturated carbocycles. The highest BCUT2D eigenvalue weighted by Crippen LogP contribution is 2.37. The van der Waals surface area contributed by atoms with Gasteiger partial charge in [-0.1, -0.05) is 25.3 Å². The molecule has 0 spiro atoms. The number of nitrogens with zero attached hydrogens (tertiary/aromatic N) is 1. The fraction of sp³-hybridized carbons (Fsp3) is 0.633. The second-order valence-corrected chi connectivity index (χ2v) is 13.4. The second kappa shape index (κ2) is 12.2. The van der Waals surface area contributed by atoms with Crippen LogP contribution in [-0.2, 0) is 28.2 Å². The Bertz CT molecular complexity index is 1190. The molecular weight excluding hydrogens is 520 g/mol. The van der Waals surface area contributed by atoms with Crippen LogP contribution in [-0.4, -0.2) is 39.5 Å². The second-order valence-electron chi connectivity index (χ2n) is 12.2. The zero-order valence-corrected chi connectivity index (χ0v) is 24.7. The molecule has 2 N–H and O–H groups in total. The lowest BCUT2D eigenvalue weighted by atomic mass is 9.89. The summed E-state index contributed by atoms with van der Waals surface area (Å²) in [5, 5.41) is 3.15. The minimum absolute atomic E-state index is 0.0609. The molecule has 1 aliphatic heterocycles. The SMILES string of the molecule is Cc1c(C(=O)NC2CCOCC2)cc(-c2ccc(S(=O)NC(C)(C)C)c(C(C)(F)F)c2)n1CC1CCCCC1. The van der Waals surface area contributed by atoms with E-state index in [0.717, 1.165) is 50.5 Å². The van der Waals surface area contributed by atoms with Crippen molar-refractivity contribution in [1.29, 1.82) is 0 Å². The highest BCUT2D eigenvalue weighted by atomic mass is 32.2. The molecule has 39 heavy (non-hydrogen) atoms. The number of alkyl halides is 2. The summed E-state index contributed by atoms with van der Waals surface area (Å²) in [5.41, 5.74) is 1.95. The standard InChI is InChI=1S/C30H43F2N3O3S/c1-20-24(28(36)33-23-13-15-38-16-14-23)18-26(35(20)19-21-9-7-6-8-10-21)22-11-12-27(25(17-22)30(5,31)32)39(37)34-29(2,3)4/h11-12,17-18,21,23,34H,6-10,13-16,19H2,1-5H3,(H,33,36). The molecule has 2 fully saturated rings. The first kappa shape index (κ1) is 29.9. The number of hydrogen-bond acceptors (Lipinski definition) is 3. The fourth-order valence-electron chi connectivity index (χ4n) is 5.61. The summed E-state index contributed by atoms with van der Waals surface area (Å²) in [6.45, 7) is 10.3. The van der Waals surface area contributed by atoms with Crippen molar-refractivity contribution in [2.24, 2.45) is 5.92 Å². The molecule has 1 aromatic heterocycles. The van der Waals surface area contributed by atoms with Gasteiger partial charge in [-0.05, 0) is 83.1 Å². The maximum absolute atomic E-state index is 14.9. The molecule has 2 heterocycles. The quantitative estimate of drug-likeness (QED) is 0.386. The van der Waals surface area contributed by atoms with Gasteiger partial charge >= 0.3 is 0 Å². The molecule has 1 unspecified atom stereocenters. The summed E-state index contributed by atoms with van der Waals surface area (Å²) < 4.78 is 53.3. The molecule has 216 valence electrons. The van der Waals surface area contributed by atoms with E-state index in [9.17, 15) is 17.8 Å². The van der Waals surface area contributed by atoms with Crippen molar-refractivity contribution in [3.8, 4) is 11.3 Å². The number of halogens is 2. The molecule has 9 heteroatoms. The van der Waals surface area contributed by atoms with Crippen molar-refractivity contribution in [2.45, 2.75) is 109 Å². The van der Waals surface area contributed by atoms with Gasteiger partial charge in [0.25, 0.3) is 11.8 Å². The van der Waals surface area contributed by atoms with Crippen molar-refractivity contribution in [3.05, 3.63) is 41.1 Å². The van der Waals surface area contributed by atoms with Crippen LogP contribution >= 0.6 is 0 Å². The number of ether oxygens (including phenoxy) is 1. The first-order valence-corrected chi connectivity index (χ1v) is 15.3. The molecule has 1 aliphatic carbocycles. The number of carbonyl (C=O) groups is 1. The van der Waals surface area contributed by atoms with Crippen LogP contribution in [0.4, 0.5) is 8.78 Å². The van der Waals surface area contributed by atoms with Gasteiger partial charge in [0.05, 0.1) is 10.5 Å². The number of nitrogens with one attached hydrogen (secondary N) is 2. The molecule has 4 rings (SSSR count). The minimum atomic E-state index is -3.19. The van der Waals surface area contributed by atoms with E-state index in [1.165, 1.54) is 31.4 Å². The number of amides is 1. The van der Waals surface area contributed by atoms with Crippen molar-refractivity contribution in [2.75, 3.05) is 13.2 Å². The van der Waals surface area contributed by atoms with Crippen LogP contribution < -0.4 is 10.0 Å². The van der Waals surface area contributed by atoms with Gasteiger partial charge in [-0.2, -0.15) is 0 Å². The molecular formula is C30H43F2N3O3S. The Morgan fingerprint density at radius 2 is 1.72 bits per heavy atom.